The molecular formula is C21H15F6OP. The van der Waals surface area contributed by atoms with Crippen LogP contribution in [0.25, 0.3) is 0 Å². The first-order valence-electron chi connectivity index (χ1n) is 8.24. The highest BCUT2D eigenvalue weighted by Crippen LogP contribution is 2.32. The second-order valence-corrected chi connectivity index (χ2v) is 7.89. The molecule has 0 bridgehead atoms. The third-order valence-electron chi connectivity index (χ3n) is 3.56. The van der Waals surface area contributed by atoms with Gasteiger partial charge in [-0.25, -0.2) is 0 Å². The summed E-state index contributed by atoms with van der Waals surface area (Å²) in [7, 11) is -0.446. The number of halogens is 6. The highest BCUT2D eigenvalue weighted by molar-refractivity contribution is 7.79. The summed E-state index contributed by atoms with van der Waals surface area (Å²) in [4.78, 5) is 9.24. The topological polar surface area (TPSA) is 17.1 Å². The molecule has 0 amide bonds. The molecule has 0 unspecified atom stereocenters. The Hall–Kier alpha value is -2.66. The van der Waals surface area contributed by atoms with Crippen molar-refractivity contribution in [2.45, 2.75) is 12.4 Å². The summed E-state index contributed by atoms with van der Waals surface area (Å²) >= 11 is 0. The van der Waals surface area contributed by atoms with Gasteiger partial charge in [0.2, 0.25) is 0 Å². The lowest BCUT2D eigenvalue weighted by atomic mass is 10.4. The van der Waals surface area contributed by atoms with Crippen molar-refractivity contribution < 1.29 is 31.1 Å². The number of benzene rings is 3. The number of hydrogen-bond acceptors (Lipinski definition) is 1. The van der Waals surface area contributed by atoms with Crippen molar-refractivity contribution in [3.63, 3.8) is 0 Å². The predicted octanol–water partition coefficient (Wildman–Crippen LogP) is 5.12. The van der Waals surface area contributed by atoms with Gasteiger partial charge in [-0.05, 0) is 23.8 Å². The molecule has 0 atom stereocenters. The average Bonchev–Trinajstić information content (AvgIpc) is 2.69. The first kappa shape index (κ1) is 22.6. The third-order valence-corrected chi connectivity index (χ3v) is 6.00. The van der Waals surface area contributed by atoms with Gasteiger partial charge in [0.15, 0.2) is 0 Å². The minimum Gasteiger partial charge on any atom is -0.279 e. The zero-order chi connectivity index (χ0) is 21.5. The lowest BCUT2D eigenvalue weighted by Gasteiger charge is -2.18. The van der Waals surface area contributed by atoms with Gasteiger partial charge in [-0.3, -0.25) is 4.79 Å². The fraction of sp³-hybridized carbons (Fsp3) is 0.0952. The number of hydrogen-bond donors (Lipinski definition) is 0. The van der Waals surface area contributed by atoms with Crippen molar-refractivity contribution in [1.29, 1.82) is 0 Å². The molecule has 0 aliphatic carbocycles. The zero-order valence-electron chi connectivity index (χ0n) is 14.8. The van der Waals surface area contributed by atoms with E-state index in [0.29, 0.717) is 0 Å². The number of Topliss-reactive ketones (excluding diaryl/α,β-unsaturated/α-hetero) is 1. The van der Waals surface area contributed by atoms with Crippen LogP contribution in [0.15, 0.2) is 91.0 Å². The molecule has 0 aliphatic rings. The Balaban J connectivity index is 0.000000257. The molecule has 0 spiro atoms. The molecule has 152 valence electrons. The van der Waals surface area contributed by atoms with Crippen molar-refractivity contribution in [2.75, 3.05) is 0 Å². The van der Waals surface area contributed by atoms with Crippen molar-refractivity contribution in [1.82, 2.24) is 0 Å². The Kier molecular flexibility index (Phi) is 7.57. The Labute approximate surface area is 164 Å². The molecule has 0 saturated heterocycles. The van der Waals surface area contributed by atoms with Crippen LogP contribution in [0.3, 0.4) is 0 Å². The van der Waals surface area contributed by atoms with Gasteiger partial charge < -0.3 is 0 Å². The quantitative estimate of drug-likeness (QED) is 0.418. The molecule has 0 N–H and O–H groups in total. The van der Waals surface area contributed by atoms with Gasteiger partial charge in [-0.15, -0.1) is 0 Å². The summed E-state index contributed by atoms with van der Waals surface area (Å²) in [5.41, 5.74) is 0. The number of alkyl halides is 6. The van der Waals surface area contributed by atoms with E-state index in [1.807, 2.05) is 0 Å². The summed E-state index contributed by atoms with van der Waals surface area (Å²) in [5, 5.41) is 4.19. The number of ketones is 1. The highest BCUT2D eigenvalue weighted by atomic mass is 31.1. The van der Waals surface area contributed by atoms with Crippen molar-refractivity contribution in [3.8, 4) is 0 Å². The molecule has 0 aliphatic heterocycles. The fourth-order valence-electron chi connectivity index (χ4n) is 2.34. The van der Waals surface area contributed by atoms with E-state index in [4.69, 9.17) is 0 Å². The molecule has 3 aromatic carbocycles. The summed E-state index contributed by atoms with van der Waals surface area (Å²) < 4.78 is 65.3. The smallest absolute Gasteiger partial charge is 0.279 e. The number of carbonyl (C=O) groups excluding carboxylic acids is 1. The van der Waals surface area contributed by atoms with Gasteiger partial charge in [-0.1, -0.05) is 91.0 Å². The molecule has 0 fully saturated rings. The van der Waals surface area contributed by atoms with E-state index < -0.39 is 26.1 Å². The maximum Gasteiger partial charge on any atom is 0.459 e. The van der Waals surface area contributed by atoms with Crippen LogP contribution in [0.5, 0.6) is 0 Å². The van der Waals surface area contributed by atoms with Gasteiger partial charge in [-0.2, -0.15) is 26.3 Å². The van der Waals surface area contributed by atoms with Crippen LogP contribution in [0.1, 0.15) is 0 Å². The second-order valence-electron chi connectivity index (χ2n) is 5.67. The highest BCUT2D eigenvalue weighted by Gasteiger charge is 2.55. The molecule has 0 heterocycles. The summed E-state index contributed by atoms with van der Waals surface area (Å²) in [6.45, 7) is 0. The van der Waals surface area contributed by atoms with Gasteiger partial charge in [0.1, 0.15) is 0 Å². The van der Waals surface area contributed by atoms with Crippen LogP contribution < -0.4 is 15.9 Å². The predicted molar refractivity (Wildman–Crippen MR) is 102 cm³/mol. The Morgan fingerprint density at radius 3 is 0.931 bits per heavy atom. The first-order chi connectivity index (χ1) is 13.6. The molecule has 0 aromatic heterocycles. The molecule has 0 saturated carbocycles. The van der Waals surface area contributed by atoms with Crippen LogP contribution in [-0.4, -0.2) is 18.1 Å². The van der Waals surface area contributed by atoms with E-state index in [2.05, 4.69) is 91.0 Å². The number of carbonyl (C=O) groups is 1. The molecule has 29 heavy (non-hydrogen) atoms. The Morgan fingerprint density at radius 1 is 0.517 bits per heavy atom. The van der Waals surface area contributed by atoms with E-state index in [0.717, 1.165) is 0 Å². The molecule has 3 rings (SSSR count). The minimum atomic E-state index is -5.82. The fourth-order valence-corrected chi connectivity index (χ4v) is 4.64. The monoisotopic (exact) mass is 428 g/mol. The van der Waals surface area contributed by atoms with E-state index in [9.17, 15) is 31.1 Å². The number of rotatable bonds is 3. The van der Waals surface area contributed by atoms with Gasteiger partial charge >= 0.3 is 18.1 Å². The van der Waals surface area contributed by atoms with Gasteiger partial charge in [0, 0.05) is 0 Å². The molecule has 1 nitrogen and oxygen atoms in total. The van der Waals surface area contributed by atoms with Crippen LogP contribution in [0, 0.1) is 0 Å². The van der Waals surface area contributed by atoms with Gasteiger partial charge in [0.25, 0.3) is 0 Å². The molecular weight excluding hydrogens is 413 g/mol. The SMILES string of the molecule is O=C(C(F)(F)F)C(F)(F)F.c1ccc(P(c2ccccc2)c2ccccc2)cc1. The minimum absolute atomic E-state index is 0.446. The van der Waals surface area contributed by atoms with Crippen LogP contribution in [0.4, 0.5) is 26.3 Å². The Morgan fingerprint density at radius 2 is 0.759 bits per heavy atom. The van der Waals surface area contributed by atoms with Crippen molar-refractivity contribution >= 4 is 29.6 Å². The van der Waals surface area contributed by atoms with Gasteiger partial charge in [0.05, 0.1) is 0 Å². The van der Waals surface area contributed by atoms with Crippen molar-refractivity contribution in [3.05, 3.63) is 91.0 Å². The normalized spacial score (nSPS) is 11.6. The molecule has 8 heteroatoms. The van der Waals surface area contributed by atoms with Crippen LogP contribution in [0.2, 0.25) is 0 Å². The average molecular weight is 428 g/mol. The van der Waals surface area contributed by atoms with Crippen LogP contribution in [-0.2, 0) is 4.79 Å². The maximum atomic E-state index is 10.9. The van der Waals surface area contributed by atoms with Crippen molar-refractivity contribution in [2.24, 2.45) is 0 Å². The standard InChI is InChI=1S/C18H15P.C3F6O/c1-4-10-16(11-5-1)19(17-12-6-2-7-13-17)18-14-8-3-9-15-18;4-2(5,6)1(10)3(7,8)9/h1-15H;. The van der Waals surface area contributed by atoms with E-state index >= 15 is 0 Å². The lowest BCUT2D eigenvalue weighted by molar-refractivity contribution is -0.217. The van der Waals surface area contributed by atoms with Crippen LogP contribution >= 0.6 is 7.92 Å². The maximum absolute atomic E-state index is 10.9. The molecule has 0 radical (unpaired) electrons. The summed E-state index contributed by atoms with van der Waals surface area (Å²) in [6, 6.07) is 32.3. The lowest BCUT2D eigenvalue weighted by Crippen LogP contribution is -2.36. The van der Waals surface area contributed by atoms with E-state index in [1.54, 1.807) is 0 Å². The first-order valence-corrected chi connectivity index (χ1v) is 9.58. The largest absolute Gasteiger partial charge is 0.459 e. The summed E-state index contributed by atoms with van der Waals surface area (Å²) in [6.07, 6.45) is -11.6. The zero-order valence-corrected chi connectivity index (χ0v) is 15.7. The Bertz CT molecular complexity index is 783. The molecule has 3 aromatic rings. The van der Waals surface area contributed by atoms with E-state index in [1.165, 1.54) is 15.9 Å². The van der Waals surface area contributed by atoms with E-state index in [-0.39, 0.29) is 0 Å². The summed E-state index contributed by atoms with van der Waals surface area (Å²) in [5.74, 6) is -3.68. The second kappa shape index (κ2) is 9.70. The third kappa shape index (κ3) is 6.71.